The summed E-state index contributed by atoms with van der Waals surface area (Å²) in [5.41, 5.74) is 0.112. The number of aromatic nitrogens is 1. The third kappa shape index (κ3) is 3.26. The van der Waals surface area contributed by atoms with Crippen LogP contribution in [0.2, 0.25) is 0 Å². The summed E-state index contributed by atoms with van der Waals surface area (Å²) in [6.07, 6.45) is 0.0452. The third-order valence-electron chi connectivity index (χ3n) is 5.45. The van der Waals surface area contributed by atoms with E-state index in [1.54, 1.807) is 18.2 Å². The number of benzene rings is 1. The molecule has 2 unspecified atom stereocenters. The molecule has 6 nitrogen and oxygen atoms in total. The first-order valence-electron chi connectivity index (χ1n) is 8.91. The van der Waals surface area contributed by atoms with Crippen LogP contribution in [0, 0.1) is 12.3 Å². The molecule has 2 N–H and O–H groups in total. The van der Waals surface area contributed by atoms with Gasteiger partial charge in [0.2, 0.25) is 0 Å². The van der Waals surface area contributed by atoms with Gasteiger partial charge < -0.3 is 15.2 Å². The summed E-state index contributed by atoms with van der Waals surface area (Å²) in [4.78, 5) is 29.4. The highest BCUT2D eigenvalue weighted by molar-refractivity contribution is 7.13. The SMILES string of the molecule is CCOC1CC(NC(=O)c2cccc(-c3nc(C)cs3)c2)(C(=O)O)C1(C)C. The number of hydrogen-bond acceptors (Lipinski definition) is 5. The van der Waals surface area contributed by atoms with Crippen molar-refractivity contribution < 1.29 is 19.4 Å². The van der Waals surface area contributed by atoms with E-state index in [0.717, 1.165) is 16.3 Å². The van der Waals surface area contributed by atoms with Gasteiger partial charge in [-0.3, -0.25) is 4.79 Å². The number of aliphatic carboxylic acids is 1. The topological polar surface area (TPSA) is 88.5 Å². The summed E-state index contributed by atoms with van der Waals surface area (Å²) >= 11 is 1.51. The van der Waals surface area contributed by atoms with Gasteiger partial charge in [0.05, 0.1) is 6.10 Å². The van der Waals surface area contributed by atoms with Crippen LogP contribution in [0.15, 0.2) is 29.6 Å². The predicted octanol–water partition coefficient (Wildman–Crippen LogP) is 3.51. The average Bonchev–Trinajstić information content (AvgIpc) is 3.06. The second kappa shape index (κ2) is 7.05. The van der Waals surface area contributed by atoms with E-state index in [1.807, 2.05) is 39.1 Å². The molecule has 7 heteroatoms. The molecule has 1 saturated carbocycles. The molecule has 1 amide bonds. The molecular weight excluding hydrogens is 364 g/mol. The largest absolute Gasteiger partial charge is 0.479 e. The van der Waals surface area contributed by atoms with Crippen LogP contribution in [0.4, 0.5) is 0 Å². The number of carboxylic acid groups (broad SMARTS) is 1. The smallest absolute Gasteiger partial charge is 0.330 e. The minimum absolute atomic E-state index is 0.205. The Hall–Kier alpha value is -2.25. The van der Waals surface area contributed by atoms with Crippen molar-refractivity contribution >= 4 is 23.2 Å². The summed E-state index contributed by atoms with van der Waals surface area (Å²) in [7, 11) is 0. The molecule has 3 rings (SSSR count). The Morgan fingerprint density at radius 2 is 2.15 bits per heavy atom. The van der Waals surface area contributed by atoms with Gasteiger partial charge in [-0.2, -0.15) is 0 Å². The fraction of sp³-hybridized carbons (Fsp3) is 0.450. The zero-order valence-electron chi connectivity index (χ0n) is 15.9. The van der Waals surface area contributed by atoms with E-state index in [0.29, 0.717) is 12.2 Å². The predicted molar refractivity (Wildman–Crippen MR) is 104 cm³/mol. The molecule has 0 spiro atoms. The number of ether oxygens (including phenoxy) is 1. The number of nitrogens with zero attached hydrogens (tertiary/aromatic N) is 1. The summed E-state index contributed by atoms with van der Waals surface area (Å²) in [6, 6.07) is 7.10. The minimum atomic E-state index is -1.35. The average molecular weight is 388 g/mol. The summed E-state index contributed by atoms with van der Waals surface area (Å²) in [5, 5.41) is 15.4. The van der Waals surface area contributed by atoms with E-state index in [2.05, 4.69) is 10.3 Å². The normalized spacial score (nSPS) is 23.5. The summed E-state index contributed by atoms with van der Waals surface area (Å²) < 4.78 is 5.64. The number of carbonyl (C=O) groups excluding carboxylic acids is 1. The summed E-state index contributed by atoms with van der Waals surface area (Å²) in [5.74, 6) is -1.45. The van der Waals surface area contributed by atoms with Gasteiger partial charge in [-0.05, 0) is 26.0 Å². The molecule has 2 atom stereocenters. The molecule has 27 heavy (non-hydrogen) atoms. The van der Waals surface area contributed by atoms with Gasteiger partial charge in [-0.1, -0.05) is 26.0 Å². The molecule has 1 aromatic heterocycles. The van der Waals surface area contributed by atoms with Crippen LogP contribution in [0.5, 0.6) is 0 Å². The Morgan fingerprint density at radius 3 is 2.70 bits per heavy atom. The number of carbonyl (C=O) groups is 2. The Labute approximate surface area is 162 Å². The van der Waals surface area contributed by atoms with Crippen LogP contribution in [0.25, 0.3) is 10.6 Å². The van der Waals surface area contributed by atoms with Crippen molar-refractivity contribution in [3.63, 3.8) is 0 Å². The maximum atomic E-state index is 12.9. The molecule has 2 aromatic rings. The Morgan fingerprint density at radius 1 is 1.41 bits per heavy atom. The highest BCUT2D eigenvalue weighted by Crippen LogP contribution is 2.51. The van der Waals surface area contributed by atoms with E-state index in [9.17, 15) is 14.7 Å². The van der Waals surface area contributed by atoms with E-state index in [1.165, 1.54) is 11.3 Å². The second-order valence-corrected chi connectivity index (χ2v) is 8.27. The quantitative estimate of drug-likeness (QED) is 0.791. The number of thiazole rings is 1. The van der Waals surface area contributed by atoms with Gasteiger partial charge in [-0.15, -0.1) is 11.3 Å². The van der Waals surface area contributed by atoms with Gasteiger partial charge in [-0.25, -0.2) is 9.78 Å². The Bertz CT molecular complexity index is 876. The third-order valence-corrected chi connectivity index (χ3v) is 6.46. The van der Waals surface area contributed by atoms with Crippen LogP contribution >= 0.6 is 11.3 Å². The molecular formula is C20H24N2O4S. The van der Waals surface area contributed by atoms with Crippen molar-refractivity contribution in [2.45, 2.75) is 45.8 Å². The molecule has 0 saturated heterocycles. The van der Waals surface area contributed by atoms with Gasteiger partial charge >= 0.3 is 5.97 Å². The van der Waals surface area contributed by atoms with E-state index < -0.39 is 22.8 Å². The van der Waals surface area contributed by atoms with Crippen LogP contribution in [0.3, 0.4) is 0 Å². The first kappa shape index (κ1) is 19.5. The van der Waals surface area contributed by atoms with Crippen molar-refractivity contribution in [3.8, 4) is 10.6 Å². The number of amides is 1. The minimum Gasteiger partial charge on any atom is -0.479 e. The maximum Gasteiger partial charge on any atom is 0.330 e. The molecule has 1 aliphatic rings. The van der Waals surface area contributed by atoms with Gasteiger partial charge in [0.25, 0.3) is 5.91 Å². The van der Waals surface area contributed by atoms with Gasteiger partial charge in [0.1, 0.15) is 10.5 Å². The monoisotopic (exact) mass is 388 g/mol. The van der Waals surface area contributed by atoms with E-state index in [-0.39, 0.29) is 12.5 Å². The van der Waals surface area contributed by atoms with Crippen molar-refractivity contribution in [1.29, 1.82) is 0 Å². The number of aryl methyl sites for hydroxylation is 1. The highest BCUT2D eigenvalue weighted by atomic mass is 32.1. The lowest BCUT2D eigenvalue weighted by Crippen LogP contribution is -2.76. The van der Waals surface area contributed by atoms with Crippen LogP contribution in [-0.4, -0.2) is 40.2 Å². The van der Waals surface area contributed by atoms with Crippen molar-refractivity contribution in [1.82, 2.24) is 10.3 Å². The molecule has 1 aliphatic carbocycles. The second-order valence-electron chi connectivity index (χ2n) is 7.41. The first-order valence-corrected chi connectivity index (χ1v) is 9.79. The molecule has 0 radical (unpaired) electrons. The van der Waals surface area contributed by atoms with Crippen molar-refractivity contribution in [2.24, 2.45) is 5.41 Å². The fourth-order valence-electron chi connectivity index (χ4n) is 3.58. The van der Waals surface area contributed by atoms with Crippen LogP contribution in [0.1, 0.15) is 43.2 Å². The van der Waals surface area contributed by atoms with Crippen molar-refractivity contribution in [3.05, 3.63) is 40.9 Å². The standard InChI is InChI=1S/C20H24N2O4S/c1-5-26-15-10-20(18(24)25,19(15,3)4)22-16(23)13-7-6-8-14(9-13)17-21-12(2)11-27-17/h6-9,11,15H,5,10H2,1-4H3,(H,22,23)(H,24,25). The lowest BCUT2D eigenvalue weighted by Gasteiger charge is -2.58. The zero-order valence-corrected chi connectivity index (χ0v) is 16.7. The fourth-order valence-corrected chi connectivity index (χ4v) is 4.38. The number of nitrogens with one attached hydrogen (secondary N) is 1. The van der Waals surface area contributed by atoms with Crippen LogP contribution < -0.4 is 5.32 Å². The summed E-state index contributed by atoms with van der Waals surface area (Å²) in [6.45, 7) is 7.94. The maximum absolute atomic E-state index is 12.9. The number of hydrogen-bond donors (Lipinski definition) is 2. The number of rotatable bonds is 6. The van der Waals surface area contributed by atoms with E-state index in [4.69, 9.17) is 4.74 Å². The lowest BCUT2D eigenvalue weighted by molar-refractivity contribution is -0.190. The molecule has 0 aliphatic heterocycles. The lowest BCUT2D eigenvalue weighted by atomic mass is 9.54. The van der Waals surface area contributed by atoms with Crippen molar-refractivity contribution in [2.75, 3.05) is 6.61 Å². The zero-order chi connectivity index (χ0) is 19.8. The van der Waals surface area contributed by atoms with Gasteiger partial charge in [0.15, 0.2) is 0 Å². The molecule has 0 bridgehead atoms. The molecule has 144 valence electrons. The van der Waals surface area contributed by atoms with Crippen LogP contribution in [-0.2, 0) is 9.53 Å². The first-order chi connectivity index (χ1) is 12.7. The van der Waals surface area contributed by atoms with Gasteiger partial charge in [0, 0.05) is 40.6 Å². The molecule has 1 aromatic carbocycles. The Kier molecular flexibility index (Phi) is 5.10. The Balaban J connectivity index is 1.85. The highest BCUT2D eigenvalue weighted by Gasteiger charge is 2.66. The number of carboxylic acids is 1. The molecule has 1 heterocycles. The molecule has 1 fully saturated rings. The van der Waals surface area contributed by atoms with E-state index >= 15 is 0 Å².